The van der Waals surface area contributed by atoms with Gasteiger partial charge in [-0.15, -0.1) is 0 Å². The van der Waals surface area contributed by atoms with E-state index in [4.69, 9.17) is 0 Å². The Morgan fingerprint density at radius 2 is 2.13 bits per heavy atom. The number of hydrogen-bond acceptors (Lipinski definition) is 2. The second-order valence-electron chi connectivity index (χ2n) is 3.27. The van der Waals surface area contributed by atoms with Gasteiger partial charge in [0.2, 0.25) is 10.0 Å². The molecule has 1 rings (SSSR count). The van der Waals surface area contributed by atoms with Crippen molar-refractivity contribution in [1.82, 2.24) is 4.72 Å². The van der Waals surface area contributed by atoms with E-state index in [1.54, 1.807) is 19.1 Å². The number of benzene rings is 1. The van der Waals surface area contributed by atoms with Crippen LogP contribution in [0.25, 0.3) is 0 Å². The molecular weight excluding hydrogens is 217 g/mol. The zero-order chi connectivity index (χ0) is 11.3. The minimum absolute atomic E-state index is 0.0995. The van der Waals surface area contributed by atoms with E-state index in [1.807, 2.05) is 0 Å². The quantitative estimate of drug-likeness (QED) is 0.837. The van der Waals surface area contributed by atoms with Crippen LogP contribution in [0.2, 0.25) is 0 Å². The fraction of sp³-hybridized carbons (Fsp3) is 0.400. The third-order valence-electron chi connectivity index (χ3n) is 1.86. The summed E-state index contributed by atoms with van der Waals surface area (Å²) in [5.74, 6) is -0.260. The first-order valence-corrected chi connectivity index (χ1v) is 6.40. The molecule has 0 radical (unpaired) electrons. The predicted molar refractivity (Wildman–Crippen MR) is 57.3 cm³/mol. The zero-order valence-corrected chi connectivity index (χ0v) is 9.35. The fourth-order valence-electron chi connectivity index (χ4n) is 1.18. The van der Waals surface area contributed by atoms with Gasteiger partial charge in [0, 0.05) is 6.54 Å². The van der Waals surface area contributed by atoms with Crippen LogP contribution in [-0.4, -0.2) is 14.2 Å². The molecule has 0 unspecified atom stereocenters. The highest BCUT2D eigenvalue weighted by molar-refractivity contribution is 7.89. The molecule has 84 valence electrons. The maximum Gasteiger partial charge on any atom is 0.211 e. The van der Waals surface area contributed by atoms with Crippen molar-refractivity contribution in [3.8, 4) is 0 Å². The van der Waals surface area contributed by atoms with E-state index in [0.29, 0.717) is 12.0 Å². The van der Waals surface area contributed by atoms with E-state index in [-0.39, 0.29) is 18.1 Å². The molecule has 3 nitrogen and oxygen atoms in total. The van der Waals surface area contributed by atoms with Crippen molar-refractivity contribution >= 4 is 10.0 Å². The highest BCUT2D eigenvalue weighted by atomic mass is 32.2. The molecule has 5 heteroatoms. The molecule has 0 atom stereocenters. The first-order chi connectivity index (χ1) is 7.03. The van der Waals surface area contributed by atoms with Crippen LogP contribution >= 0.6 is 0 Å². The molecule has 0 aliphatic rings. The SMILES string of the molecule is CCCS(=O)(=O)NCc1cccc(F)c1. The van der Waals surface area contributed by atoms with Gasteiger partial charge < -0.3 is 0 Å². The summed E-state index contributed by atoms with van der Waals surface area (Å²) >= 11 is 0. The summed E-state index contributed by atoms with van der Waals surface area (Å²) < 4.78 is 37.7. The van der Waals surface area contributed by atoms with Crippen LogP contribution in [-0.2, 0) is 16.6 Å². The Labute approximate surface area is 89.4 Å². The first-order valence-electron chi connectivity index (χ1n) is 4.75. The molecule has 1 aromatic rings. The average molecular weight is 231 g/mol. The van der Waals surface area contributed by atoms with Crippen molar-refractivity contribution in [2.24, 2.45) is 0 Å². The normalized spacial score (nSPS) is 11.6. The van der Waals surface area contributed by atoms with Crippen LogP contribution in [0.1, 0.15) is 18.9 Å². The highest BCUT2D eigenvalue weighted by Gasteiger charge is 2.07. The lowest BCUT2D eigenvalue weighted by Gasteiger charge is -2.05. The van der Waals surface area contributed by atoms with Gasteiger partial charge in [-0.1, -0.05) is 19.1 Å². The molecule has 1 aromatic carbocycles. The third-order valence-corrected chi connectivity index (χ3v) is 3.39. The number of hydrogen-bond donors (Lipinski definition) is 1. The van der Waals surface area contributed by atoms with Gasteiger partial charge in [-0.25, -0.2) is 17.5 Å². The second-order valence-corrected chi connectivity index (χ2v) is 5.20. The van der Waals surface area contributed by atoms with Crippen LogP contribution in [0.15, 0.2) is 24.3 Å². The monoisotopic (exact) mass is 231 g/mol. The van der Waals surface area contributed by atoms with E-state index in [1.165, 1.54) is 12.1 Å². The van der Waals surface area contributed by atoms with Gasteiger partial charge in [-0.05, 0) is 24.1 Å². The predicted octanol–water partition coefficient (Wildman–Crippen LogP) is 1.66. The minimum atomic E-state index is -3.22. The summed E-state index contributed by atoms with van der Waals surface area (Å²) in [6.45, 7) is 1.93. The maximum absolute atomic E-state index is 12.8. The summed E-state index contributed by atoms with van der Waals surface area (Å²) in [6, 6.07) is 5.87. The third kappa shape index (κ3) is 4.40. The maximum atomic E-state index is 12.8. The highest BCUT2D eigenvalue weighted by Crippen LogP contribution is 2.03. The van der Waals surface area contributed by atoms with Gasteiger partial charge in [0.05, 0.1) is 5.75 Å². The number of halogens is 1. The molecule has 0 aromatic heterocycles. The van der Waals surface area contributed by atoms with E-state index >= 15 is 0 Å². The van der Waals surface area contributed by atoms with Gasteiger partial charge in [-0.3, -0.25) is 0 Å². The van der Waals surface area contributed by atoms with Crippen LogP contribution in [0.4, 0.5) is 4.39 Å². The molecular formula is C10H14FNO2S. The number of rotatable bonds is 5. The van der Waals surface area contributed by atoms with Crippen LogP contribution in [0.5, 0.6) is 0 Å². The fourth-order valence-corrected chi connectivity index (χ4v) is 2.25. The largest absolute Gasteiger partial charge is 0.212 e. The lowest BCUT2D eigenvalue weighted by atomic mass is 10.2. The van der Waals surface area contributed by atoms with Crippen molar-refractivity contribution < 1.29 is 12.8 Å². The Morgan fingerprint density at radius 1 is 1.40 bits per heavy atom. The molecule has 0 saturated heterocycles. The topological polar surface area (TPSA) is 46.2 Å². The smallest absolute Gasteiger partial charge is 0.211 e. The number of nitrogens with one attached hydrogen (secondary N) is 1. The van der Waals surface area contributed by atoms with Crippen molar-refractivity contribution in [3.63, 3.8) is 0 Å². The lowest BCUT2D eigenvalue weighted by Crippen LogP contribution is -2.25. The van der Waals surface area contributed by atoms with Gasteiger partial charge in [0.1, 0.15) is 5.82 Å². The standard InChI is InChI=1S/C10H14FNO2S/c1-2-6-15(13,14)12-8-9-4-3-5-10(11)7-9/h3-5,7,12H,2,6,8H2,1H3. The summed E-state index contributed by atoms with van der Waals surface area (Å²) in [5.41, 5.74) is 0.620. The Kier molecular flexibility index (Phi) is 4.23. The molecule has 0 spiro atoms. The van der Waals surface area contributed by atoms with Crippen molar-refractivity contribution in [2.75, 3.05) is 5.75 Å². The molecule has 0 saturated carbocycles. The van der Waals surface area contributed by atoms with Gasteiger partial charge >= 0.3 is 0 Å². The molecule has 0 aliphatic heterocycles. The van der Waals surface area contributed by atoms with Crippen molar-refractivity contribution in [1.29, 1.82) is 0 Å². The number of sulfonamides is 1. The minimum Gasteiger partial charge on any atom is -0.212 e. The Hall–Kier alpha value is -0.940. The molecule has 0 amide bonds. The molecule has 15 heavy (non-hydrogen) atoms. The van der Waals surface area contributed by atoms with Crippen LogP contribution in [0.3, 0.4) is 0 Å². The van der Waals surface area contributed by atoms with Crippen molar-refractivity contribution in [2.45, 2.75) is 19.9 Å². The summed E-state index contributed by atoms with van der Waals surface area (Å²) in [5, 5.41) is 0. The lowest BCUT2D eigenvalue weighted by molar-refractivity contribution is 0.579. The van der Waals surface area contributed by atoms with Gasteiger partial charge in [-0.2, -0.15) is 0 Å². The van der Waals surface area contributed by atoms with E-state index in [0.717, 1.165) is 0 Å². The summed E-state index contributed by atoms with van der Waals surface area (Å²) in [4.78, 5) is 0. The van der Waals surface area contributed by atoms with E-state index in [9.17, 15) is 12.8 Å². The summed E-state index contributed by atoms with van der Waals surface area (Å²) in [7, 11) is -3.22. The van der Waals surface area contributed by atoms with E-state index < -0.39 is 10.0 Å². The second kappa shape index (κ2) is 5.23. The molecule has 0 fully saturated rings. The summed E-state index contributed by atoms with van der Waals surface area (Å²) in [6.07, 6.45) is 0.568. The van der Waals surface area contributed by atoms with Crippen molar-refractivity contribution in [3.05, 3.63) is 35.6 Å². The van der Waals surface area contributed by atoms with E-state index in [2.05, 4.69) is 4.72 Å². The molecule has 1 N–H and O–H groups in total. The van der Waals surface area contributed by atoms with Gasteiger partial charge in [0.25, 0.3) is 0 Å². The Balaban J connectivity index is 2.58. The zero-order valence-electron chi connectivity index (χ0n) is 8.53. The van der Waals surface area contributed by atoms with Crippen LogP contribution < -0.4 is 4.72 Å². The first kappa shape index (κ1) is 12.1. The average Bonchev–Trinajstić information content (AvgIpc) is 2.15. The Morgan fingerprint density at radius 3 is 2.73 bits per heavy atom. The Bertz CT molecular complexity index is 417. The van der Waals surface area contributed by atoms with Gasteiger partial charge in [0.15, 0.2) is 0 Å². The van der Waals surface area contributed by atoms with Crippen LogP contribution in [0, 0.1) is 5.82 Å². The molecule has 0 heterocycles. The molecule has 0 aliphatic carbocycles. The molecule has 0 bridgehead atoms.